The number of rotatable bonds is 6. The Balaban J connectivity index is 1.62. The van der Waals surface area contributed by atoms with Crippen LogP contribution < -0.4 is 5.32 Å². The molecule has 1 saturated heterocycles. The number of halogens is 1. The zero-order valence-corrected chi connectivity index (χ0v) is 15.6. The highest BCUT2D eigenvalue weighted by Gasteiger charge is 2.17. The summed E-state index contributed by atoms with van der Waals surface area (Å²) in [5, 5.41) is 4.56. The average Bonchev–Trinajstić information content (AvgIpc) is 3.08. The number of thioether (sulfide) groups is 1. The molecule has 3 nitrogen and oxygen atoms in total. The topological polar surface area (TPSA) is 46.2 Å². The quantitative estimate of drug-likeness (QED) is 0.831. The van der Waals surface area contributed by atoms with Crippen molar-refractivity contribution in [1.29, 1.82) is 0 Å². The van der Waals surface area contributed by atoms with Crippen LogP contribution >= 0.6 is 23.4 Å². The van der Waals surface area contributed by atoms with Crippen molar-refractivity contribution in [3.8, 4) is 0 Å². The molecule has 1 heterocycles. The van der Waals surface area contributed by atoms with Gasteiger partial charge in [0.05, 0.1) is 10.6 Å². The van der Waals surface area contributed by atoms with Gasteiger partial charge in [-0.1, -0.05) is 35.9 Å². The minimum atomic E-state index is -3.26. The summed E-state index contributed by atoms with van der Waals surface area (Å²) in [6, 6.07) is 14.7. The van der Waals surface area contributed by atoms with Crippen LogP contribution in [-0.4, -0.2) is 31.8 Å². The molecule has 0 bridgehead atoms. The molecule has 0 aromatic heterocycles. The summed E-state index contributed by atoms with van der Waals surface area (Å²) in [5.41, 5.74) is 2.17. The van der Waals surface area contributed by atoms with Crippen LogP contribution in [0.15, 0.2) is 53.4 Å². The molecule has 2 aromatic rings. The van der Waals surface area contributed by atoms with Crippen LogP contribution in [0.1, 0.15) is 11.1 Å². The highest BCUT2D eigenvalue weighted by molar-refractivity contribution is 8.00. The monoisotopic (exact) mass is 381 g/mol. The first kappa shape index (κ1) is 17.8. The van der Waals surface area contributed by atoms with Crippen molar-refractivity contribution in [3.63, 3.8) is 0 Å². The number of benzene rings is 2. The van der Waals surface area contributed by atoms with E-state index in [4.69, 9.17) is 11.6 Å². The van der Waals surface area contributed by atoms with Crippen molar-refractivity contribution in [3.05, 3.63) is 64.7 Å². The standard InChI is InChI=1S/C18H20ClNO2S2/c19-16-5-1-14(2-6-16)9-10-24(21,22)18-7-3-15(4-8-18)11-17-12-20-13-23-17/h1-8,17,20H,9-13H2. The molecule has 0 amide bonds. The van der Waals surface area contributed by atoms with E-state index in [1.165, 1.54) is 5.56 Å². The van der Waals surface area contributed by atoms with Gasteiger partial charge in [-0.3, -0.25) is 0 Å². The lowest BCUT2D eigenvalue weighted by molar-refractivity contribution is 0.595. The minimum Gasteiger partial charge on any atom is -0.307 e. The Kier molecular flexibility index (Phi) is 5.87. The Morgan fingerprint density at radius 2 is 1.71 bits per heavy atom. The molecule has 1 aliphatic heterocycles. The van der Waals surface area contributed by atoms with Gasteiger partial charge < -0.3 is 5.32 Å². The fourth-order valence-corrected chi connectivity index (χ4v) is 5.14. The van der Waals surface area contributed by atoms with Crippen molar-refractivity contribution in [2.75, 3.05) is 18.2 Å². The third-order valence-electron chi connectivity index (χ3n) is 4.11. The number of nitrogens with one attached hydrogen (secondary N) is 1. The molecule has 3 rings (SSSR count). The van der Waals surface area contributed by atoms with Gasteiger partial charge in [0, 0.05) is 22.7 Å². The summed E-state index contributed by atoms with van der Waals surface area (Å²) in [6.07, 6.45) is 1.47. The largest absolute Gasteiger partial charge is 0.307 e. The lowest BCUT2D eigenvalue weighted by Gasteiger charge is -2.09. The highest BCUT2D eigenvalue weighted by atomic mass is 35.5. The summed E-state index contributed by atoms with van der Waals surface area (Å²) in [7, 11) is -3.26. The van der Waals surface area contributed by atoms with Gasteiger partial charge in [-0.05, 0) is 48.2 Å². The van der Waals surface area contributed by atoms with Crippen LogP contribution in [0, 0.1) is 0 Å². The van der Waals surface area contributed by atoms with Crippen LogP contribution in [-0.2, 0) is 22.7 Å². The molecule has 0 aliphatic carbocycles. The Morgan fingerprint density at radius 1 is 1.04 bits per heavy atom. The smallest absolute Gasteiger partial charge is 0.178 e. The van der Waals surface area contributed by atoms with Crippen molar-refractivity contribution in [2.24, 2.45) is 0 Å². The molecule has 0 saturated carbocycles. The van der Waals surface area contributed by atoms with Crippen molar-refractivity contribution >= 4 is 33.2 Å². The second-order valence-corrected chi connectivity index (χ2v) is 9.76. The average molecular weight is 382 g/mol. The Labute approximate surface area is 152 Å². The molecule has 1 fully saturated rings. The Hall–Kier alpha value is -1.01. The van der Waals surface area contributed by atoms with Gasteiger partial charge >= 0.3 is 0 Å². The second-order valence-electron chi connectivity index (χ2n) is 5.93. The SMILES string of the molecule is O=S(=O)(CCc1ccc(Cl)cc1)c1ccc(CC2CNCS2)cc1. The molecule has 1 unspecified atom stereocenters. The first-order chi connectivity index (χ1) is 11.5. The molecule has 1 N–H and O–H groups in total. The van der Waals surface area contributed by atoms with Crippen LogP contribution in [0.3, 0.4) is 0 Å². The van der Waals surface area contributed by atoms with Crippen LogP contribution in [0.4, 0.5) is 0 Å². The zero-order valence-electron chi connectivity index (χ0n) is 13.2. The first-order valence-corrected chi connectivity index (χ1v) is 11.0. The van der Waals surface area contributed by atoms with E-state index >= 15 is 0 Å². The summed E-state index contributed by atoms with van der Waals surface area (Å²) < 4.78 is 25.0. The van der Waals surface area contributed by atoms with E-state index < -0.39 is 9.84 Å². The fourth-order valence-electron chi connectivity index (χ4n) is 2.70. The van der Waals surface area contributed by atoms with Gasteiger partial charge in [-0.2, -0.15) is 0 Å². The third kappa shape index (κ3) is 4.76. The maximum atomic E-state index is 12.5. The predicted molar refractivity (Wildman–Crippen MR) is 102 cm³/mol. The van der Waals surface area contributed by atoms with Gasteiger partial charge in [0.2, 0.25) is 0 Å². The van der Waals surface area contributed by atoms with Gasteiger partial charge in [0.25, 0.3) is 0 Å². The van der Waals surface area contributed by atoms with Crippen molar-refractivity contribution in [1.82, 2.24) is 5.32 Å². The van der Waals surface area contributed by atoms with E-state index in [9.17, 15) is 8.42 Å². The molecule has 1 aliphatic rings. The number of sulfone groups is 1. The van der Waals surface area contributed by atoms with E-state index in [0.29, 0.717) is 21.6 Å². The lowest BCUT2D eigenvalue weighted by Crippen LogP contribution is -2.15. The van der Waals surface area contributed by atoms with Crippen LogP contribution in [0.2, 0.25) is 5.02 Å². The zero-order chi connectivity index (χ0) is 17.0. The molecular weight excluding hydrogens is 362 g/mol. The Bertz CT molecular complexity index is 768. The minimum absolute atomic E-state index is 0.108. The maximum absolute atomic E-state index is 12.5. The first-order valence-electron chi connectivity index (χ1n) is 7.91. The summed E-state index contributed by atoms with van der Waals surface area (Å²) in [5.74, 6) is 1.11. The van der Waals surface area contributed by atoms with Gasteiger partial charge in [0.15, 0.2) is 9.84 Å². The fraction of sp³-hybridized carbons (Fsp3) is 0.333. The van der Waals surface area contributed by atoms with Gasteiger partial charge in [0.1, 0.15) is 0 Å². The Morgan fingerprint density at radius 3 is 2.33 bits per heavy atom. The third-order valence-corrected chi connectivity index (χ3v) is 7.27. The predicted octanol–water partition coefficient (Wildman–Crippen LogP) is 3.56. The molecule has 24 heavy (non-hydrogen) atoms. The van der Waals surface area contributed by atoms with Gasteiger partial charge in [-0.15, -0.1) is 11.8 Å². The molecule has 0 spiro atoms. The van der Waals surface area contributed by atoms with Crippen molar-refractivity contribution in [2.45, 2.75) is 23.0 Å². The number of hydrogen-bond acceptors (Lipinski definition) is 4. The molecular formula is C18H20ClNO2S2. The molecule has 1 atom stereocenters. The van der Waals surface area contributed by atoms with E-state index in [1.54, 1.807) is 24.3 Å². The normalized spacial score (nSPS) is 18.0. The number of aryl methyl sites for hydroxylation is 1. The molecule has 128 valence electrons. The summed E-state index contributed by atoms with van der Waals surface area (Å²) in [4.78, 5) is 0.400. The van der Waals surface area contributed by atoms with Crippen molar-refractivity contribution < 1.29 is 8.42 Å². The van der Waals surface area contributed by atoms with Crippen LogP contribution in [0.5, 0.6) is 0 Å². The van der Waals surface area contributed by atoms with E-state index in [2.05, 4.69) is 5.32 Å². The summed E-state index contributed by atoms with van der Waals surface area (Å²) >= 11 is 7.76. The van der Waals surface area contributed by atoms with Gasteiger partial charge in [-0.25, -0.2) is 8.42 Å². The van der Waals surface area contributed by atoms with E-state index in [1.807, 2.05) is 36.0 Å². The molecule has 2 aromatic carbocycles. The molecule has 0 radical (unpaired) electrons. The maximum Gasteiger partial charge on any atom is 0.178 e. The highest BCUT2D eigenvalue weighted by Crippen LogP contribution is 2.21. The molecule has 6 heteroatoms. The summed E-state index contributed by atoms with van der Waals surface area (Å²) in [6.45, 7) is 1.02. The van der Waals surface area contributed by atoms with E-state index in [0.717, 1.165) is 24.4 Å². The number of hydrogen-bond donors (Lipinski definition) is 1. The lowest BCUT2D eigenvalue weighted by atomic mass is 10.1. The van der Waals surface area contributed by atoms with Crippen LogP contribution in [0.25, 0.3) is 0 Å². The van der Waals surface area contributed by atoms with E-state index in [-0.39, 0.29) is 5.75 Å². The second kappa shape index (κ2) is 7.91.